The SMILES string of the molecule is CCOc1ccccc1N1C(=O)C(CO)NCC1C. The number of aliphatic hydroxyl groups excluding tert-OH is 1. The van der Waals surface area contributed by atoms with Gasteiger partial charge in [-0.3, -0.25) is 4.79 Å². The van der Waals surface area contributed by atoms with Crippen LogP contribution in [0.15, 0.2) is 24.3 Å². The third kappa shape index (κ3) is 2.72. The van der Waals surface area contributed by atoms with Gasteiger partial charge in [0.2, 0.25) is 5.91 Å². The molecular weight excluding hydrogens is 244 g/mol. The number of benzene rings is 1. The Morgan fingerprint density at radius 3 is 2.89 bits per heavy atom. The maximum Gasteiger partial charge on any atom is 0.246 e. The minimum atomic E-state index is -0.536. The van der Waals surface area contributed by atoms with Gasteiger partial charge in [-0.05, 0) is 26.0 Å². The molecular formula is C14H20N2O3. The van der Waals surface area contributed by atoms with Gasteiger partial charge in [-0.15, -0.1) is 0 Å². The molecule has 19 heavy (non-hydrogen) atoms. The number of para-hydroxylation sites is 2. The highest BCUT2D eigenvalue weighted by molar-refractivity contribution is 5.99. The van der Waals surface area contributed by atoms with E-state index in [0.29, 0.717) is 18.9 Å². The molecule has 0 radical (unpaired) electrons. The second-order valence-corrected chi connectivity index (χ2v) is 4.60. The second kappa shape index (κ2) is 6.04. The Balaban J connectivity index is 2.35. The fraction of sp³-hybridized carbons (Fsp3) is 0.500. The molecule has 104 valence electrons. The highest BCUT2D eigenvalue weighted by Crippen LogP contribution is 2.31. The van der Waals surface area contributed by atoms with Gasteiger partial charge in [-0.1, -0.05) is 12.1 Å². The van der Waals surface area contributed by atoms with Crippen molar-refractivity contribution in [1.29, 1.82) is 0 Å². The Morgan fingerprint density at radius 1 is 1.47 bits per heavy atom. The van der Waals surface area contributed by atoms with E-state index in [1.54, 1.807) is 4.90 Å². The first-order valence-corrected chi connectivity index (χ1v) is 6.58. The number of rotatable bonds is 4. The predicted octanol–water partition coefficient (Wildman–Crippen LogP) is 0.771. The Bertz CT molecular complexity index is 450. The number of carbonyl (C=O) groups excluding carboxylic acids is 1. The van der Waals surface area contributed by atoms with Gasteiger partial charge in [0.1, 0.15) is 11.8 Å². The number of anilines is 1. The first-order valence-electron chi connectivity index (χ1n) is 6.58. The van der Waals surface area contributed by atoms with Crippen molar-refractivity contribution >= 4 is 11.6 Å². The largest absolute Gasteiger partial charge is 0.492 e. The number of hydrogen-bond acceptors (Lipinski definition) is 4. The van der Waals surface area contributed by atoms with Gasteiger partial charge in [0.15, 0.2) is 0 Å². The molecule has 1 amide bonds. The van der Waals surface area contributed by atoms with E-state index in [0.717, 1.165) is 5.69 Å². The number of aliphatic hydroxyl groups is 1. The molecule has 1 heterocycles. The van der Waals surface area contributed by atoms with Crippen LogP contribution in [0.25, 0.3) is 0 Å². The summed E-state index contributed by atoms with van der Waals surface area (Å²) in [6, 6.07) is 6.99. The smallest absolute Gasteiger partial charge is 0.246 e. The summed E-state index contributed by atoms with van der Waals surface area (Å²) in [4.78, 5) is 14.1. The lowest BCUT2D eigenvalue weighted by Crippen LogP contribution is -2.60. The normalized spacial score (nSPS) is 23.5. The van der Waals surface area contributed by atoms with Gasteiger partial charge in [0.25, 0.3) is 0 Å². The monoisotopic (exact) mass is 264 g/mol. The molecule has 1 aliphatic heterocycles. The lowest BCUT2D eigenvalue weighted by Gasteiger charge is -2.38. The number of hydrogen-bond donors (Lipinski definition) is 2. The van der Waals surface area contributed by atoms with Crippen molar-refractivity contribution in [2.45, 2.75) is 25.9 Å². The number of piperazine rings is 1. The topological polar surface area (TPSA) is 61.8 Å². The zero-order valence-corrected chi connectivity index (χ0v) is 11.3. The van der Waals surface area contributed by atoms with Crippen LogP contribution in [0.1, 0.15) is 13.8 Å². The van der Waals surface area contributed by atoms with Gasteiger partial charge in [0.05, 0.1) is 18.9 Å². The molecule has 0 aromatic heterocycles. The average Bonchev–Trinajstić information content (AvgIpc) is 2.41. The molecule has 0 spiro atoms. The highest BCUT2D eigenvalue weighted by Gasteiger charge is 2.34. The van der Waals surface area contributed by atoms with Gasteiger partial charge < -0.3 is 20.1 Å². The van der Waals surface area contributed by atoms with Gasteiger partial charge in [0, 0.05) is 12.6 Å². The van der Waals surface area contributed by atoms with Crippen molar-refractivity contribution in [2.75, 3.05) is 24.7 Å². The summed E-state index contributed by atoms with van der Waals surface area (Å²) in [6.45, 7) is 4.89. The van der Waals surface area contributed by atoms with E-state index in [1.165, 1.54) is 0 Å². The molecule has 1 aromatic rings. The van der Waals surface area contributed by atoms with E-state index in [-0.39, 0.29) is 18.6 Å². The third-order valence-corrected chi connectivity index (χ3v) is 3.24. The van der Waals surface area contributed by atoms with E-state index in [2.05, 4.69) is 5.32 Å². The van der Waals surface area contributed by atoms with Crippen molar-refractivity contribution in [3.63, 3.8) is 0 Å². The van der Waals surface area contributed by atoms with E-state index >= 15 is 0 Å². The number of amides is 1. The minimum Gasteiger partial charge on any atom is -0.492 e. The first kappa shape index (κ1) is 13.8. The molecule has 0 saturated carbocycles. The van der Waals surface area contributed by atoms with Crippen LogP contribution in [0.4, 0.5) is 5.69 Å². The lowest BCUT2D eigenvalue weighted by atomic mass is 10.1. The molecule has 1 aromatic carbocycles. The van der Waals surface area contributed by atoms with Crippen LogP contribution in [0.2, 0.25) is 0 Å². The average molecular weight is 264 g/mol. The van der Waals surface area contributed by atoms with Crippen LogP contribution >= 0.6 is 0 Å². The standard InChI is InChI=1S/C14H20N2O3/c1-3-19-13-7-5-4-6-12(13)16-10(2)8-15-11(9-17)14(16)18/h4-7,10-11,15,17H,3,8-9H2,1-2H3. The van der Waals surface area contributed by atoms with Crippen molar-refractivity contribution in [3.05, 3.63) is 24.3 Å². The fourth-order valence-corrected chi connectivity index (χ4v) is 2.31. The van der Waals surface area contributed by atoms with Gasteiger partial charge >= 0.3 is 0 Å². The summed E-state index contributed by atoms with van der Waals surface area (Å²) in [6.07, 6.45) is 0. The Labute approximate surface area is 113 Å². The lowest BCUT2D eigenvalue weighted by molar-refractivity contribution is -0.123. The fourth-order valence-electron chi connectivity index (χ4n) is 2.31. The molecule has 2 atom stereocenters. The molecule has 1 aliphatic rings. The van der Waals surface area contributed by atoms with E-state index in [4.69, 9.17) is 4.74 Å². The summed E-state index contributed by atoms with van der Waals surface area (Å²) in [5.74, 6) is 0.581. The maximum atomic E-state index is 12.4. The van der Waals surface area contributed by atoms with Crippen LogP contribution in [-0.4, -0.2) is 42.9 Å². The zero-order valence-electron chi connectivity index (χ0n) is 11.3. The third-order valence-electron chi connectivity index (χ3n) is 3.24. The second-order valence-electron chi connectivity index (χ2n) is 4.60. The van der Waals surface area contributed by atoms with Crippen LogP contribution in [0, 0.1) is 0 Å². The van der Waals surface area contributed by atoms with Crippen molar-refractivity contribution in [3.8, 4) is 5.75 Å². The molecule has 2 N–H and O–H groups in total. The van der Waals surface area contributed by atoms with Crippen molar-refractivity contribution in [1.82, 2.24) is 5.32 Å². The molecule has 5 heteroatoms. The summed E-state index contributed by atoms with van der Waals surface area (Å²) in [5, 5.41) is 12.3. The van der Waals surface area contributed by atoms with Crippen LogP contribution in [0.5, 0.6) is 5.75 Å². The van der Waals surface area contributed by atoms with E-state index in [9.17, 15) is 9.90 Å². The summed E-state index contributed by atoms with van der Waals surface area (Å²) < 4.78 is 5.58. The first-order chi connectivity index (χ1) is 9.19. The molecule has 0 bridgehead atoms. The molecule has 1 saturated heterocycles. The predicted molar refractivity (Wildman–Crippen MR) is 73.4 cm³/mol. The number of nitrogens with one attached hydrogen (secondary N) is 1. The molecule has 2 unspecified atom stereocenters. The molecule has 2 rings (SSSR count). The number of nitrogens with zero attached hydrogens (tertiary/aromatic N) is 1. The number of carbonyl (C=O) groups is 1. The van der Waals surface area contributed by atoms with Crippen LogP contribution in [0.3, 0.4) is 0 Å². The van der Waals surface area contributed by atoms with Gasteiger partial charge in [-0.2, -0.15) is 0 Å². The Morgan fingerprint density at radius 2 is 2.21 bits per heavy atom. The molecule has 1 fully saturated rings. The summed E-state index contributed by atoms with van der Waals surface area (Å²) in [5.41, 5.74) is 0.766. The highest BCUT2D eigenvalue weighted by atomic mass is 16.5. The zero-order chi connectivity index (χ0) is 13.8. The van der Waals surface area contributed by atoms with E-state index in [1.807, 2.05) is 38.1 Å². The van der Waals surface area contributed by atoms with Gasteiger partial charge in [-0.25, -0.2) is 0 Å². The van der Waals surface area contributed by atoms with E-state index < -0.39 is 6.04 Å². The van der Waals surface area contributed by atoms with Crippen molar-refractivity contribution < 1.29 is 14.6 Å². The van der Waals surface area contributed by atoms with Crippen LogP contribution in [-0.2, 0) is 4.79 Å². The number of ether oxygens (including phenoxy) is 1. The maximum absolute atomic E-state index is 12.4. The van der Waals surface area contributed by atoms with Crippen LogP contribution < -0.4 is 15.0 Å². The Kier molecular flexibility index (Phi) is 4.39. The molecule has 5 nitrogen and oxygen atoms in total. The minimum absolute atomic E-state index is 0.0249. The summed E-state index contributed by atoms with van der Waals surface area (Å²) in [7, 11) is 0. The quantitative estimate of drug-likeness (QED) is 0.843. The molecule has 0 aliphatic carbocycles. The summed E-state index contributed by atoms with van der Waals surface area (Å²) >= 11 is 0. The Hall–Kier alpha value is -1.59. The van der Waals surface area contributed by atoms with Crippen molar-refractivity contribution in [2.24, 2.45) is 0 Å².